The molecule has 2 aromatic carbocycles. The van der Waals surface area contributed by atoms with E-state index in [4.69, 9.17) is 4.74 Å². The predicted molar refractivity (Wildman–Crippen MR) is 114 cm³/mol. The van der Waals surface area contributed by atoms with E-state index in [1.165, 1.54) is 17.5 Å². The first-order chi connectivity index (χ1) is 13.3. The van der Waals surface area contributed by atoms with Gasteiger partial charge in [-0.25, -0.2) is 0 Å². The van der Waals surface area contributed by atoms with Gasteiger partial charge in [0.15, 0.2) is 5.96 Å². The van der Waals surface area contributed by atoms with Gasteiger partial charge >= 0.3 is 0 Å². The smallest absolute Gasteiger partial charge is 0.190 e. The predicted octanol–water partition coefficient (Wildman–Crippen LogP) is 4.19. The van der Waals surface area contributed by atoms with Gasteiger partial charge in [-0.05, 0) is 36.8 Å². The molecule has 4 nitrogen and oxygen atoms in total. The summed E-state index contributed by atoms with van der Waals surface area (Å²) in [6, 6.07) is 21.5. The average molecular weight is 368 g/mol. The number of nitrogens with zero attached hydrogens (tertiary/aromatic N) is 1. The lowest BCUT2D eigenvalue weighted by Gasteiger charge is -2.19. The Morgan fingerprint density at radius 2 is 1.44 bits per heavy atom. The molecule has 0 aliphatic heterocycles. The molecule has 0 unspecified atom stereocenters. The molecule has 0 aliphatic carbocycles. The van der Waals surface area contributed by atoms with Gasteiger partial charge in [0.25, 0.3) is 0 Å². The first kappa shape index (κ1) is 21.0. The maximum Gasteiger partial charge on any atom is 0.190 e. The van der Waals surface area contributed by atoms with Crippen LogP contribution in [0.1, 0.15) is 42.7 Å². The summed E-state index contributed by atoms with van der Waals surface area (Å²) in [7, 11) is 3.58. The molecule has 0 saturated heterocycles. The zero-order chi connectivity index (χ0) is 19.2. The number of aliphatic imine (C=N–C) groups is 1. The maximum absolute atomic E-state index is 5.08. The van der Waals surface area contributed by atoms with E-state index < -0.39 is 0 Å². The fraction of sp³-hybridized carbons (Fsp3) is 0.435. The van der Waals surface area contributed by atoms with Crippen LogP contribution in [0.4, 0.5) is 0 Å². The van der Waals surface area contributed by atoms with Gasteiger partial charge in [-0.1, -0.05) is 60.7 Å². The van der Waals surface area contributed by atoms with Crippen LogP contribution in [0, 0.1) is 0 Å². The molecule has 27 heavy (non-hydrogen) atoms. The highest BCUT2D eigenvalue weighted by atomic mass is 16.5. The molecule has 0 aliphatic rings. The Labute approximate surface area is 164 Å². The molecule has 0 radical (unpaired) electrons. The second-order valence-electron chi connectivity index (χ2n) is 6.64. The standard InChI is InChI=1S/C23H33N3O/c1-24-23(25-17-10-5-11-19-27-2)26-18-16-22(20-12-6-3-7-13-20)21-14-8-4-9-15-21/h3-4,6-9,12-15,22H,5,10-11,16-19H2,1-2H3,(H2,24,25,26). The van der Waals surface area contributed by atoms with Gasteiger partial charge in [0.05, 0.1) is 0 Å². The number of unbranched alkanes of at least 4 members (excludes halogenated alkanes) is 2. The van der Waals surface area contributed by atoms with Crippen molar-refractivity contribution in [3.8, 4) is 0 Å². The van der Waals surface area contributed by atoms with Gasteiger partial charge in [0, 0.05) is 39.8 Å². The third-order valence-corrected chi connectivity index (χ3v) is 4.67. The number of hydrogen-bond acceptors (Lipinski definition) is 2. The molecular weight excluding hydrogens is 334 g/mol. The molecule has 0 fully saturated rings. The van der Waals surface area contributed by atoms with E-state index in [9.17, 15) is 0 Å². The van der Waals surface area contributed by atoms with E-state index in [0.717, 1.165) is 44.9 Å². The molecular formula is C23H33N3O. The quantitative estimate of drug-likeness (QED) is 0.356. The van der Waals surface area contributed by atoms with E-state index in [0.29, 0.717) is 5.92 Å². The number of benzene rings is 2. The zero-order valence-electron chi connectivity index (χ0n) is 16.7. The summed E-state index contributed by atoms with van der Waals surface area (Å²) in [5.41, 5.74) is 2.71. The van der Waals surface area contributed by atoms with Gasteiger partial charge in [0.2, 0.25) is 0 Å². The maximum atomic E-state index is 5.08. The van der Waals surface area contributed by atoms with Crippen LogP contribution in [0.2, 0.25) is 0 Å². The normalized spacial score (nSPS) is 11.6. The number of ether oxygens (including phenoxy) is 1. The zero-order valence-corrected chi connectivity index (χ0v) is 16.7. The summed E-state index contributed by atoms with van der Waals surface area (Å²) in [6.45, 7) is 2.65. The lowest BCUT2D eigenvalue weighted by atomic mass is 9.88. The van der Waals surface area contributed by atoms with Crippen molar-refractivity contribution in [2.45, 2.75) is 31.6 Å². The number of guanidine groups is 1. The molecule has 146 valence electrons. The van der Waals surface area contributed by atoms with Crippen molar-refractivity contribution in [2.75, 3.05) is 33.9 Å². The first-order valence-electron chi connectivity index (χ1n) is 9.88. The number of methoxy groups -OCH3 is 1. The van der Waals surface area contributed by atoms with Crippen molar-refractivity contribution < 1.29 is 4.74 Å². The molecule has 0 bridgehead atoms. The van der Waals surface area contributed by atoms with Crippen molar-refractivity contribution in [2.24, 2.45) is 4.99 Å². The van der Waals surface area contributed by atoms with E-state index in [2.05, 4.69) is 76.3 Å². The summed E-state index contributed by atoms with van der Waals surface area (Å²) in [5, 5.41) is 6.85. The first-order valence-corrected chi connectivity index (χ1v) is 9.88. The van der Waals surface area contributed by atoms with E-state index in [1.807, 2.05) is 7.05 Å². The monoisotopic (exact) mass is 367 g/mol. The Hall–Kier alpha value is -2.33. The average Bonchev–Trinajstić information content (AvgIpc) is 2.73. The van der Waals surface area contributed by atoms with Gasteiger partial charge in [-0.3, -0.25) is 4.99 Å². The van der Waals surface area contributed by atoms with Crippen LogP contribution in [-0.2, 0) is 4.74 Å². The van der Waals surface area contributed by atoms with Crippen LogP contribution in [0.5, 0.6) is 0 Å². The summed E-state index contributed by atoms with van der Waals surface area (Å²) in [4.78, 5) is 4.33. The molecule has 2 aromatic rings. The molecule has 2 rings (SSSR count). The van der Waals surface area contributed by atoms with Crippen LogP contribution >= 0.6 is 0 Å². The Morgan fingerprint density at radius 3 is 2.00 bits per heavy atom. The minimum absolute atomic E-state index is 0.382. The van der Waals surface area contributed by atoms with Crippen molar-refractivity contribution in [3.05, 3.63) is 71.8 Å². The molecule has 0 saturated carbocycles. The van der Waals surface area contributed by atoms with Crippen molar-refractivity contribution in [1.82, 2.24) is 10.6 Å². The Kier molecular flexibility index (Phi) is 10.0. The van der Waals surface area contributed by atoms with Crippen molar-refractivity contribution in [1.29, 1.82) is 0 Å². The van der Waals surface area contributed by atoms with E-state index >= 15 is 0 Å². The van der Waals surface area contributed by atoms with Crippen molar-refractivity contribution in [3.63, 3.8) is 0 Å². The van der Waals surface area contributed by atoms with Crippen LogP contribution in [0.25, 0.3) is 0 Å². The van der Waals surface area contributed by atoms with Gasteiger partial charge < -0.3 is 15.4 Å². The second kappa shape index (κ2) is 12.9. The minimum Gasteiger partial charge on any atom is -0.385 e. The fourth-order valence-corrected chi connectivity index (χ4v) is 3.21. The number of nitrogens with one attached hydrogen (secondary N) is 2. The molecule has 0 atom stereocenters. The SMILES string of the molecule is CN=C(NCCCCCOC)NCCC(c1ccccc1)c1ccccc1. The summed E-state index contributed by atoms with van der Waals surface area (Å²) in [5.74, 6) is 1.26. The highest BCUT2D eigenvalue weighted by Gasteiger charge is 2.13. The second-order valence-corrected chi connectivity index (χ2v) is 6.64. The summed E-state index contributed by atoms with van der Waals surface area (Å²) in [6.07, 6.45) is 4.42. The molecule has 0 aromatic heterocycles. The lowest BCUT2D eigenvalue weighted by Crippen LogP contribution is -2.38. The third kappa shape index (κ3) is 7.83. The largest absolute Gasteiger partial charge is 0.385 e. The minimum atomic E-state index is 0.382. The number of rotatable bonds is 11. The van der Waals surface area contributed by atoms with Gasteiger partial charge in [0.1, 0.15) is 0 Å². The fourth-order valence-electron chi connectivity index (χ4n) is 3.21. The highest BCUT2D eigenvalue weighted by molar-refractivity contribution is 5.79. The van der Waals surface area contributed by atoms with E-state index in [-0.39, 0.29) is 0 Å². The highest BCUT2D eigenvalue weighted by Crippen LogP contribution is 2.27. The van der Waals surface area contributed by atoms with Crippen LogP contribution in [0.3, 0.4) is 0 Å². The number of hydrogen-bond donors (Lipinski definition) is 2. The molecule has 4 heteroatoms. The molecule has 0 heterocycles. The Bertz CT molecular complexity index is 604. The molecule has 2 N–H and O–H groups in total. The van der Waals surface area contributed by atoms with Gasteiger partial charge in [-0.15, -0.1) is 0 Å². The Balaban J connectivity index is 1.82. The van der Waals surface area contributed by atoms with E-state index in [1.54, 1.807) is 7.11 Å². The summed E-state index contributed by atoms with van der Waals surface area (Å²) >= 11 is 0. The Morgan fingerprint density at radius 1 is 0.852 bits per heavy atom. The summed E-state index contributed by atoms with van der Waals surface area (Å²) < 4.78 is 5.08. The van der Waals surface area contributed by atoms with Crippen LogP contribution < -0.4 is 10.6 Å². The third-order valence-electron chi connectivity index (χ3n) is 4.67. The van der Waals surface area contributed by atoms with Gasteiger partial charge in [-0.2, -0.15) is 0 Å². The molecule has 0 spiro atoms. The van der Waals surface area contributed by atoms with Crippen LogP contribution in [0.15, 0.2) is 65.7 Å². The topological polar surface area (TPSA) is 45.7 Å². The molecule has 0 amide bonds. The van der Waals surface area contributed by atoms with Crippen molar-refractivity contribution >= 4 is 5.96 Å². The van der Waals surface area contributed by atoms with Crippen LogP contribution in [-0.4, -0.2) is 39.8 Å². The lowest BCUT2D eigenvalue weighted by molar-refractivity contribution is 0.192.